The molecule has 3 atom stereocenters. The molecule has 2 amide bonds. The number of carbonyl (C=O) groups is 2. The molecule has 0 aliphatic heterocycles. The quantitative estimate of drug-likeness (QED) is 0.714. The van der Waals surface area contributed by atoms with E-state index in [2.05, 4.69) is 10.6 Å². The Kier molecular flexibility index (Phi) is 4.66. The number of benzene rings is 1. The highest BCUT2D eigenvalue weighted by molar-refractivity contribution is 5.90. The standard InChI is InChI=1S/C18H24N2O3/c1-11(21)15(19-17(22)14-9-10-14)18(23)20-16(13-7-8-13)12-5-3-2-4-6-12/h2-6,11,13-16,21H,7-10H2,1H3,(H,19,22)(H,20,23). The van der Waals surface area contributed by atoms with Crippen LogP contribution in [0.2, 0.25) is 0 Å². The van der Waals surface area contributed by atoms with Gasteiger partial charge in [0, 0.05) is 5.92 Å². The van der Waals surface area contributed by atoms with Crippen molar-refractivity contribution in [3.05, 3.63) is 35.9 Å². The van der Waals surface area contributed by atoms with Crippen LogP contribution in [0.15, 0.2) is 30.3 Å². The fourth-order valence-electron chi connectivity index (χ4n) is 2.83. The van der Waals surface area contributed by atoms with Gasteiger partial charge < -0.3 is 15.7 Å². The van der Waals surface area contributed by atoms with Gasteiger partial charge in [-0.2, -0.15) is 0 Å². The average Bonchev–Trinajstić information content (AvgIpc) is 3.41. The predicted molar refractivity (Wildman–Crippen MR) is 86.4 cm³/mol. The molecule has 0 saturated heterocycles. The third kappa shape index (κ3) is 4.10. The third-order valence-corrected chi connectivity index (χ3v) is 4.56. The van der Waals surface area contributed by atoms with Gasteiger partial charge in [-0.05, 0) is 44.1 Å². The Balaban J connectivity index is 1.67. The van der Waals surface area contributed by atoms with E-state index in [4.69, 9.17) is 0 Å². The molecule has 0 heterocycles. The molecule has 0 aromatic heterocycles. The number of aliphatic hydroxyl groups excluding tert-OH is 1. The van der Waals surface area contributed by atoms with Gasteiger partial charge in [0.25, 0.3) is 0 Å². The molecule has 1 aromatic rings. The van der Waals surface area contributed by atoms with Crippen molar-refractivity contribution in [1.29, 1.82) is 0 Å². The molecule has 2 aliphatic carbocycles. The van der Waals surface area contributed by atoms with Crippen molar-refractivity contribution in [1.82, 2.24) is 10.6 Å². The largest absolute Gasteiger partial charge is 0.391 e. The number of carbonyl (C=O) groups excluding carboxylic acids is 2. The molecule has 0 bridgehead atoms. The highest BCUT2D eigenvalue weighted by Crippen LogP contribution is 2.41. The Morgan fingerprint density at radius 3 is 2.26 bits per heavy atom. The number of nitrogens with one attached hydrogen (secondary N) is 2. The van der Waals surface area contributed by atoms with Crippen LogP contribution in [0.3, 0.4) is 0 Å². The van der Waals surface area contributed by atoms with Crippen LogP contribution < -0.4 is 10.6 Å². The van der Waals surface area contributed by atoms with Crippen LogP contribution in [0.1, 0.15) is 44.2 Å². The topological polar surface area (TPSA) is 78.4 Å². The molecule has 3 N–H and O–H groups in total. The van der Waals surface area contributed by atoms with E-state index in [1.54, 1.807) is 0 Å². The molecule has 2 aliphatic rings. The summed E-state index contributed by atoms with van der Waals surface area (Å²) in [6.45, 7) is 1.53. The van der Waals surface area contributed by atoms with E-state index in [0.29, 0.717) is 5.92 Å². The molecule has 2 saturated carbocycles. The van der Waals surface area contributed by atoms with Crippen LogP contribution in [-0.2, 0) is 9.59 Å². The second kappa shape index (κ2) is 6.71. The number of hydrogen-bond donors (Lipinski definition) is 3. The smallest absolute Gasteiger partial charge is 0.245 e. The lowest BCUT2D eigenvalue weighted by Crippen LogP contribution is -2.53. The minimum atomic E-state index is -0.923. The zero-order valence-corrected chi connectivity index (χ0v) is 13.4. The summed E-state index contributed by atoms with van der Waals surface area (Å²) in [6.07, 6.45) is 3.00. The molecule has 5 nitrogen and oxygen atoms in total. The first-order valence-corrected chi connectivity index (χ1v) is 8.40. The number of rotatable bonds is 7. The van der Waals surface area contributed by atoms with E-state index in [1.165, 1.54) is 6.92 Å². The lowest BCUT2D eigenvalue weighted by atomic mass is 10.0. The molecular weight excluding hydrogens is 292 g/mol. The first-order chi connectivity index (χ1) is 11.1. The van der Waals surface area contributed by atoms with Crippen LogP contribution in [0.25, 0.3) is 0 Å². The van der Waals surface area contributed by atoms with Gasteiger partial charge in [0.2, 0.25) is 11.8 Å². The van der Waals surface area contributed by atoms with E-state index >= 15 is 0 Å². The highest BCUT2D eigenvalue weighted by Gasteiger charge is 2.37. The van der Waals surface area contributed by atoms with Crippen LogP contribution in [0.5, 0.6) is 0 Å². The van der Waals surface area contributed by atoms with Crippen LogP contribution >= 0.6 is 0 Å². The van der Waals surface area contributed by atoms with E-state index in [9.17, 15) is 14.7 Å². The fraction of sp³-hybridized carbons (Fsp3) is 0.556. The Hall–Kier alpha value is -1.88. The maximum atomic E-state index is 12.6. The molecule has 3 rings (SSSR count). The van der Waals surface area contributed by atoms with Crippen molar-refractivity contribution in [3.8, 4) is 0 Å². The zero-order chi connectivity index (χ0) is 16.4. The number of amides is 2. The Bertz CT molecular complexity index is 565. The summed E-state index contributed by atoms with van der Waals surface area (Å²) in [5, 5.41) is 15.6. The second-order valence-electron chi connectivity index (χ2n) is 6.74. The summed E-state index contributed by atoms with van der Waals surface area (Å²) in [4.78, 5) is 24.5. The van der Waals surface area contributed by atoms with Crippen LogP contribution in [0, 0.1) is 11.8 Å². The van der Waals surface area contributed by atoms with Gasteiger partial charge in [-0.25, -0.2) is 0 Å². The van der Waals surface area contributed by atoms with Crippen molar-refractivity contribution >= 4 is 11.8 Å². The van der Waals surface area contributed by atoms with Crippen LogP contribution in [-0.4, -0.2) is 29.1 Å². The summed E-state index contributed by atoms with van der Waals surface area (Å²) in [5.41, 5.74) is 1.07. The maximum absolute atomic E-state index is 12.6. The third-order valence-electron chi connectivity index (χ3n) is 4.56. The molecule has 0 radical (unpaired) electrons. The minimum absolute atomic E-state index is 0.0115. The first-order valence-electron chi connectivity index (χ1n) is 8.40. The van der Waals surface area contributed by atoms with Gasteiger partial charge >= 0.3 is 0 Å². The lowest BCUT2D eigenvalue weighted by molar-refractivity contribution is -0.132. The SMILES string of the molecule is CC(O)C(NC(=O)C1CC1)C(=O)NC(c1ccccc1)C1CC1. The van der Waals surface area contributed by atoms with Gasteiger partial charge in [-0.1, -0.05) is 30.3 Å². The van der Waals surface area contributed by atoms with Gasteiger partial charge in [0.15, 0.2) is 0 Å². The average molecular weight is 316 g/mol. The van der Waals surface area contributed by atoms with Crippen molar-refractivity contribution in [2.24, 2.45) is 11.8 Å². The van der Waals surface area contributed by atoms with E-state index in [1.807, 2.05) is 30.3 Å². The number of hydrogen-bond acceptors (Lipinski definition) is 3. The Labute approximate surface area is 136 Å². The van der Waals surface area contributed by atoms with Crippen molar-refractivity contribution in [2.75, 3.05) is 0 Å². The van der Waals surface area contributed by atoms with Gasteiger partial charge in [-0.15, -0.1) is 0 Å². The van der Waals surface area contributed by atoms with E-state index in [0.717, 1.165) is 31.2 Å². The molecule has 23 heavy (non-hydrogen) atoms. The van der Waals surface area contributed by atoms with Gasteiger partial charge in [0.05, 0.1) is 12.1 Å². The summed E-state index contributed by atoms with van der Waals surface area (Å²) in [5.74, 6) is 0.0102. The molecule has 0 spiro atoms. The van der Waals surface area contributed by atoms with E-state index in [-0.39, 0.29) is 23.8 Å². The highest BCUT2D eigenvalue weighted by atomic mass is 16.3. The van der Waals surface area contributed by atoms with Crippen LogP contribution in [0.4, 0.5) is 0 Å². The summed E-state index contributed by atoms with van der Waals surface area (Å²) in [6, 6.07) is 8.92. The predicted octanol–water partition coefficient (Wildman–Crippen LogP) is 1.53. The molecular formula is C18H24N2O3. The van der Waals surface area contributed by atoms with Crippen molar-refractivity contribution in [3.63, 3.8) is 0 Å². The van der Waals surface area contributed by atoms with Crippen molar-refractivity contribution in [2.45, 2.75) is 50.8 Å². The maximum Gasteiger partial charge on any atom is 0.245 e. The number of aliphatic hydroxyl groups is 1. The summed E-state index contributed by atoms with van der Waals surface area (Å²) < 4.78 is 0. The summed E-state index contributed by atoms with van der Waals surface area (Å²) >= 11 is 0. The molecule has 2 fully saturated rings. The Morgan fingerprint density at radius 2 is 1.74 bits per heavy atom. The van der Waals surface area contributed by atoms with Crippen molar-refractivity contribution < 1.29 is 14.7 Å². The van der Waals surface area contributed by atoms with Gasteiger partial charge in [0.1, 0.15) is 6.04 Å². The molecule has 1 aromatic carbocycles. The molecule has 124 valence electrons. The zero-order valence-electron chi connectivity index (χ0n) is 13.4. The lowest BCUT2D eigenvalue weighted by Gasteiger charge is -2.25. The van der Waals surface area contributed by atoms with Gasteiger partial charge in [-0.3, -0.25) is 9.59 Å². The second-order valence-corrected chi connectivity index (χ2v) is 6.74. The normalized spacial score (nSPS) is 21.1. The van der Waals surface area contributed by atoms with E-state index < -0.39 is 12.1 Å². The minimum Gasteiger partial charge on any atom is -0.391 e. The monoisotopic (exact) mass is 316 g/mol. The molecule has 3 unspecified atom stereocenters. The first kappa shape index (κ1) is 16.0. The summed E-state index contributed by atoms with van der Waals surface area (Å²) in [7, 11) is 0. The molecule has 5 heteroatoms. The Morgan fingerprint density at radius 1 is 1.09 bits per heavy atom. The fourth-order valence-corrected chi connectivity index (χ4v) is 2.83.